The van der Waals surface area contributed by atoms with Crippen LogP contribution in [-0.2, 0) is 14.9 Å². The van der Waals surface area contributed by atoms with Gasteiger partial charge in [-0.3, -0.25) is 0 Å². The molecular weight excluding hydrogens is 426 g/mol. The van der Waals surface area contributed by atoms with Crippen molar-refractivity contribution in [2.75, 3.05) is 6.61 Å². The van der Waals surface area contributed by atoms with E-state index in [1.807, 2.05) is 0 Å². The lowest BCUT2D eigenvalue weighted by atomic mass is 9.64. The van der Waals surface area contributed by atoms with E-state index in [9.17, 15) is 31.1 Å². The number of esters is 1. The maximum Gasteiger partial charge on any atom is 0.434 e. The molecule has 1 aromatic carbocycles. The van der Waals surface area contributed by atoms with Gasteiger partial charge in [0.05, 0.1) is 0 Å². The topological polar surface area (TPSA) is 35.5 Å². The van der Waals surface area contributed by atoms with E-state index in [1.165, 1.54) is 12.1 Å². The van der Waals surface area contributed by atoms with Gasteiger partial charge in [0, 0.05) is 0 Å². The Morgan fingerprint density at radius 3 is 1.81 bits per heavy atom. The van der Waals surface area contributed by atoms with Gasteiger partial charge in [0.2, 0.25) is 0 Å². The molecule has 3 nitrogen and oxygen atoms in total. The van der Waals surface area contributed by atoms with Crippen molar-refractivity contribution in [3.05, 3.63) is 29.8 Å². The Morgan fingerprint density at radius 2 is 1.42 bits per heavy atom. The first kappa shape index (κ1) is 27.1. The second-order valence-electron chi connectivity index (χ2n) is 9.03. The summed E-state index contributed by atoms with van der Waals surface area (Å²) >= 11 is 0. The minimum Gasteiger partial charge on any atom is -0.482 e. The Kier molecular flexibility index (Phi) is 8.47. The Hall–Kier alpha value is -1.93. The number of carbonyl (C=O) groups is 1. The fourth-order valence-corrected chi connectivity index (χ4v) is 3.32. The van der Waals surface area contributed by atoms with E-state index in [-0.39, 0.29) is 16.6 Å². The minimum absolute atomic E-state index is 0.103. The van der Waals surface area contributed by atoms with Crippen LogP contribution in [0.5, 0.6) is 5.75 Å². The molecule has 0 bridgehead atoms. The van der Waals surface area contributed by atoms with Crippen LogP contribution in [0.4, 0.5) is 26.3 Å². The van der Waals surface area contributed by atoms with Crippen molar-refractivity contribution < 1.29 is 40.6 Å². The molecule has 0 heterocycles. The van der Waals surface area contributed by atoms with Crippen LogP contribution in [0.15, 0.2) is 24.3 Å². The average molecular weight is 456 g/mol. The number of carbonyl (C=O) groups excluding carboxylic acids is 1. The molecule has 0 amide bonds. The average Bonchev–Trinajstić information content (AvgIpc) is 2.62. The number of halogens is 6. The van der Waals surface area contributed by atoms with Gasteiger partial charge in [-0.05, 0) is 40.9 Å². The van der Waals surface area contributed by atoms with Gasteiger partial charge in [0.15, 0.2) is 6.61 Å². The van der Waals surface area contributed by atoms with Crippen LogP contribution in [-0.4, -0.2) is 31.0 Å². The molecule has 178 valence electrons. The fourth-order valence-electron chi connectivity index (χ4n) is 3.32. The number of benzene rings is 1. The Morgan fingerprint density at radius 1 is 0.935 bits per heavy atom. The first-order valence-corrected chi connectivity index (χ1v) is 9.98. The first-order chi connectivity index (χ1) is 13.9. The highest BCUT2D eigenvalue weighted by molar-refractivity contribution is 5.71. The lowest BCUT2D eigenvalue weighted by molar-refractivity contribution is -0.313. The summed E-state index contributed by atoms with van der Waals surface area (Å²) in [7, 11) is 0. The molecule has 0 N–H and O–H groups in total. The molecule has 0 aliphatic rings. The Labute approximate surface area is 179 Å². The first-order valence-electron chi connectivity index (χ1n) is 9.98. The van der Waals surface area contributed by atoms with E-state index in [0.29, 0.717) is 5.92 Å². The number of rotatable bonds is 9. The van der Waals surface area contributed by atoms with Crippen molar-refractivity contribution in [2.45, 2.75) is 78.3 Å². The quantitative estimate of drug-likeness (QED) is 0.301. The highest BCUT2D eigenvalue weighted by Gasteiger charge is 2.59. The van der Waals surface area contributed by atoms with E-state index in [4.69, 9.17) is 4.74 Å². The van der Waals surface area contributed by atoms with Crippen molar-refractivity contribution in [3.63, 3.8) is 0 Å². The predicted molar refractivity (Wildman–Crippen MR) is 105 cm³/mol. The van der Waals surface area contributed by atoms with Crippen LogP contribution in [0.3, 0.4) is 0 Å². The predicted octanol–water partition coefficient (Wildman–Crippen LogP) is 6.84. The van der Waals surface area contributed by atoms with Gasteiger partial charge in [-0.2, -0.15) is 26.3 Å². The van der Waals surface area contributed by atoms with Crippen LogP contribution in [0, 0.1) is 11.3 Å². The lowest BCUT2D eigenvalue weighted by Gasteiger charge is -2.41. The van der Waals surface area contributed by atoms with Crippen LogP contribution in [0.1, 0.15) is 59.9 Å². The molecule has 0 aromatic heterocycles. The summed E-state index contributed by atoms with van der Waals surface area (Å²) in [5, 5.41) is 0. The lowest BCUT2D eigenvalue weighted by Crippen LogP contribution is -2.46. The molecule has 1 rings (SSSR count). The molecule has 9 heteroatoms. The smallest absolute Gasteiger partial charge is 0.434 e. The monoisotopic (exact) mass is 456 g/mol. The largest absolute Gasteiger partial charge is 0.482 e. The molecule has 0 saturated carbocycles. The number of hydrogen-bond donors (Lipinski definition) is 0. The number of alkyl halides is 6. The number of ether oxygens (including phenoxy) is 2. The third kappa shape index (κ3) is 7.61. The molecular formula is C22H30F6O3. The fraction of sp³-hybridized carbons (Fsp3) is 0.682. The molecule has 1 aromatic rings. The molecule has 1 atom stereocenters. The Bertz CT molecular complexity index is 708. The normalized spacial score (nSPS) is 15.2. The van der Waals surface area contributed by atoms with Crippen LogP contribution >= 0.6 is 0 Å². The van der Waals surface area contributed by atoms with Gasteiger partial charge in [0.25, 0.3) is 6.10 Å². The second-order valence-corrected chi connectivity index (χ2v) is 9.03. The van der Waals surface area contributed by atoms with E-state index in [1.54, 1.807) is 12.1 Å². The summed E-state index contributed by atoms with van der Waals surface area (Å²) in [5.74, 6) is -1.32. The van der Waals surface area contributed by atoms with Gasteiger partial charge in [-0.1, -0.05) is 60.1 Å². The van der Waals surface area contributed by atoms with Crippen LogP contribution in [0.25, 0.3) is 0 Å². The number of hydrogen-bond acceptors (Lipinski definition) is 3. The molecule has 0 radical (unpaired) electrons. The maximum atomic E-state index is 12.5. The summed E-state index contributed by atoms with van der Waals surface area (Å²) in [5.41, 5.74) is 0.961. The molecule has 0 saturated heterocycles. The van der Waals surface area contributed by atoms with E-state index in [2.05, 4.69) is 46.3 Å². The van der Waals surface area contributed by atoms with Gasteiger partial charge < -0.3 is 9.47 Å². The summed E-state index contributed by atoms with van der Waals surface area (Å²) in [6.45, 7) is 11.8. The standard InChI is InChI=1S/C22H30F6O3/c1-7-19(4,5)13-20(6,14(2)3)15-8-10-16(11-9-15)30-12-17(29)31-18(21(23,24)25)22(26,27)28/h8-11,14,18H,7,12-13H2,1-6H3. The third-order valence-corrected chi connectivity index (χ3v) is 5.79. The summed E-state index contributed by atoms with van der Waals surface area (Å²) in [6.07, 6.45) is -13.8. The molecule has 0 fully saturated rings. The molecule has 0 spiro atoms. The molecule has 1 unspecified atom stereocenters. The zero-order valence-corrected chi connectivity index (χ0v) is 18.6. The minimum atomic E-state index is -5.76. The summed E-state index contributed by atoms with van der Waals surface area (Å²) in [4.78, 5) is 11.5. The van der Waals surface area contributed by atoms with Gasteiger partial charge >= 0.3 is 18.3 Å². The van der Waals surface area contributed by atoms with E-state index < -0.39 is 31.0 Å². The van der Waals surface area contributed by atoms with Crippen LogP contribution < -0.4 is 4.74 Å². The van der Waals surface area contributed by atoms with Crippen molar-refractivity contribution in [1.82, 2.24) is 0 Å². The van der Waals surface area contributed by atoms with Crippen molar-refractivity contribution >= 4 is 5.97 Å². The molecule has 0 aliphatic carbocycles. The summed E-state index contributed by atoms with van der Waals surface area (Å²) < 4.78 is 83.4. The van der Waals surface area contributed by atoms with E-state index in [0.717, 1.165) is 18.4 Å². The zero-order chi connectivity index (χ0) is 24.3. The highest BCUT2D eigenvalue weighted by atomic mass is 19.4. The molecule has 0 aliphatic heterocycles. The van der Waals surface area contributed by atoms with Gasteiger partial charge in [0.1, 0.15) is 5.75 Å². The van der Waals surface area contributed by atoms with Gasteiger partial charge in [-0.15, -0.1) is 0 Å². The SMILES string of the molecule is CCC(C)(C)CC(C)(c1ccc(OCC(=O)OC(C(F)(F)F)C(F)(F)F)cc1)C(C)C. The van der Waals surface area contributed by atoms with Crippen molar-refractivity contribution in [3.8, 4) is 5.75 Å². The zero-order valence-electron chi connectivity index (χ0n) is 18.6. The van der Waals surface area contributed by atoms with Gasteiger partial charge in [-0.25, -0.2) is 4.79 Å². The van der Waals surface area contributed by atoms with Crippen molar-refractivity contribution in [1.29, 1.82) is 0 Å². The maximum absolute atomic E-state index is 12.5. The highest BCUT2D eigenvalue weighted by Crippen LogP contribution is 2.44. The Balaban J connectivity index is 2.87. The van der Waals surface area contributed by atoms with Crippen molar-refractivity contribution in [2.24, 2.45) is 11.3 Å². The second kappa shape index (κ2) is 9.69. The third-order valence-electron chi connectivity index (χ3n) is 5.79. The summed E-state index contributed by atoms with van der Waals surface area (Å²) in [6, 6.07) is 6.65. The molecule has 31 heavy (non-hydrogen) atoms. The van der Waals surface area contributed by atoms with E-state index >= 15 is 0 Å². The van der Waals surface area contributed by atoms with Crippen LogP contribution in [0.2, 0.25) is 0 Å².